The normalized spacial score (nSPS) is 24.6. The zero-order chi connectivity index (χ0) is 9.60. The molecule has 1 saturated heterocycles. The maximum atomic E-state index is 9.93. The van der Waals surface area contributed by atoms with Gasteiger partial charge in [0.05, 0.1) is 16.3 Å². The SMILES string of the molecule is OC1(Cc2csc(C3CC3)n2)CNC1. The molecule has 1 aromatic rings. The van der Waals surface area contributed by atoms with Crippen molar-refractivity contribution in [2.45, 2.75) is 30.8 Å². The first kappa shape index (κ1) is 8.83. The van der Waals surface area contributed by atoms with E-state index in [1.165, 1.54) is 17.8 Å². The quantitative estimate of drug-likeness (QED) is 0.779. The summed E-state index contributed by atoms with van der Waals surface area (Å²) < 4.78 is 0. The monoisotopic (exact) mass is 210 g/mol. The van der Waals surface area contributed by atoms with E-state index in [1.807, 2.05) is 0 Å². The summed E-state index contributed by atoms with van der Waals surface area (Å²) in [6.45, 7) is 1.42. The van der Waals surface area contributed by atoms with Gasteiger partial charge in [-0.3, -0.25) is 0 Å². The second-order valence-electron chi connectivity index (χ2n) is 4.46. The summed E-state index contributed by atoms with van der Waals surface area (Å²) in [6.07, 6.45) is 3.32. The van der Waals surface area contributed by atoms with Crippen molar-refractivity contribution in [2.75, 3.05) is 13.1 Å². The van der Waals surface area contributed by atoms with Crippen LogP contribution in [0.2, 0.25) is 0 Å². The lowest BCUT2D eigenvalue weighted by Gasteiger charge is -2.37. The van der Waals surface area contributed by atoms with E-state index in [0.717, 1.165) is 11.6 Å². The van der Waals surface area contributed by atoms with Crippen LogP contribution in [0.5, 0.6) is 0 Å². The molecule has 0 aromatic carbocycles. The summed E-state index contributed by atoms with van der Waals surface area (Å²) in [4.78, 5) is 4.57. The first-order valence-electron chi connectivity index (χ1n) is 5.13. The van der Waals surface area contributed by atoms with Crippen LogP contribution in [0.15, 0.2) is 5.38 Å². The molecule has 2 fully saturated rings. The van der Waals surface area contributed by atoms with Crippen molar-refractivity contribution in [1.29, 1.82) is 0 Å². The number of rotatable bonds is 3. The van der Waals surface area contributed by atoms with E-state index in [-0.39, 0.29) is 0 Å². The second-order valence-corrected chi connectivity index (χ2v) is 5.35. The van der Waals surface area contributed by atoms with E-state index < -0.39 is 5.60 Å². The van der Waals surface area contributed by atoms with Gasteiger partial charge < -0.3 is 10.4 Å². The molecule has 2 N–H and O–H groups in total. The van der Waals surface area contributed by atoms with E-state index in [1.54, 1.807) is 11.3 Å². The van der Waals surface area contributed by atoms with Crippen LogP contribution >= 0.6 is 11.3 Å². The van der Waals surface area contributed by atoms with Gasteiger partial charge in [-0.15, -0.1) is 11.3 Å². The van der Waals surface area contributed by atoms with E-state index in [0.29, 0.717) is 19.5 Å². The molecule has 4 heteroatoms. The van der Waals surface area contributed by atoms with Crippen molar-refractivity contribution < 1.29 is 5.11 Å². The number of aromatic nitrogens is 1. The molecule has 0 atom stereocenters. The van der Waals surface area contributed by atoms with Crippen LogP contribution in [-0.2, 0) is 6.42 Å². The Kier molecular flexibility index (Phi) is 1.90. The summed E-state index contributed by atoms with van der Waals surface area (Å²) >= 11 is 1.75. The molecule has 2 aliphatic rings. The lowest BCUT2D eigenvalue weighted by Crippen LogP contribution is -2.60. The summed E-state index contributed by atoms with van der Waals surface area (Å²) in [7, 11) is 0. The Morgan fingerprint density at radius 2 is 2.36 bits per heavy atom. The molecule has 3 rings (SSSR count). The Bertz CT molecular complexity index is 342. The van der Waals surface area contributed by atoms with Crippen molar-refractivity contribution in [3.63, 3.8) is 0 Å². The molecule has 1 aliphatic carbocycles. The van der Waals surface area contributed by atoms with Crippen LogP contribution in [0.1, 0.15) is 29.5 Å². The molecule has 76 valence electrons. The number of aliphatic hydroxyl groups is 1. The van der Waals surface area contributed by atoms with E-state index in [9.17, 15) is 5.11 Å². The summed E-state index contributed by atoms with van der Waals surface area (Å²) in [6, 6.07) is 0. The Balaban J connectivity index is 1.70. The third-order valence-electron chi connectivity index (χ3n) is 2.91. The molecule has 0 unspecified atom stereocenters. The fourth-order valence-corrected chi connectivity index (χ4v) is 2.79. The highest BCUT2D eigenvalue weighted by Gasteiger charge is 2.35. The number of thiazole rings is 1. The summed E-state index contributed by atoms with van der Waals surface area (Å²) in [5, 5.41) is 16.4. The highest BCUT2D eigenvalue weighted by Crippen LogP contribution is 2.41. The minimum Gasteiger partial charge on any atom is -0.387 e. The number of nitrogens with one attached hydrogen (secondary N) is 1. The van der Waals surface area contributed by atoms with E-state index in [4.69, 9.17) is 0 Å². The van der Waals surface area contributed by atoms with Gasteiger partial charge in [0.2, 0.25) is 0 Å². The smallest absolute Gasteiger partial charge is 0.0959 e. The van der Waals surface area contributed by atoms with E-state index >= 15 is 0 Å². The fourth-order valence-electron chi connectivity index (χ4n) is 1.80. The Labute approximate surface area is 87.2 Å². The van der Waals surface area contributed by atoms with Crippen molar-refractivity contribution in [1.82, 2.24) is 10.3 Å². The van der Waals surface area contributed by atoms with Crippen LogP contribution in [0, 0.1) is 0 Å². The predicted octanol–water partition coefficient (Wildman–Crippen LogP) is 0.897. The second kappa shape index (κ2) is 3.02. The standard InChI is InChI=1S/C10H14N2OS/c13-10(5-11-6-10)3-8-4-14-9(12-8)7-1-2-7/h4,7,11,13H,1-3,5-6H2. The van der Waals surface area contributed by atoms with Gasteiger partial charge in [0.1, 0.15) is 0 Å². The molecule has 2 heterocycles. The highest BCUT2D eigenvalue weighted by molar-refractivity contribution is 7.09. The van der Waals surface area contributed by atoms with Crippen LogP contribution in [0.4, 0.5) is 0 Å². The zero-order valence-corrected chi connectivity index (χ0v) is 8.81. The van der Waals surface area contributed by atoms with Crippen LogP contribution in [0.25, 0.3) is 0 Å². The maximum Gasteiger partial charge on any atom is 0.0959 e. The number of nitrogens with zero attached hydrogens (tertiary/aromatic N) is 1. The lowest BCUT2D eigenvalue weighted by atomic mass is 9.92. The molecule has 0 radical (unpaired) electrons. The molecule has 3 nitrogen and oxygen atoms in total. The van der Waals surface area contributed by atoms with Gasteiger partial charge in [0.25, 0.3) is 0 Å². The topological polar surface area (TPSA) is 45.2 Å². The average Bonchev–Trinajstić information content (AvgIpc) is 2.86. The third kappa shape index (κ3) is 1.58. The predicted molar refractivity (Wildman–Crippen MR) is 55.6 cm³/mol. The van der Waals surface area contributed by atoms with Crippen molar-refractivity contribution >= 4 is 11.3 Å². The summed E-state index contributed by atoms with van der Waals surface area (Å²) in [5.41, 5.74) is 0.551. The molecule has 0 amide bonds. The van der Waals surface area contributed by atoms with Gasteiger partial charge in [0.15, 0.2) is 0 Å². The minimum absolute atomic E-state index is 0.519. The van der Waals surface area contributed by atoms with Gasteiger partial charge in [-0.1, -0.05) is 0 Å². The van der Waals surface area contributed by atoms with Gasteiger partial charge in [-0.25, -0.2) is 4.98 Å². The zero-order valence-electron chi connectivity index (χ0n) is 7.99. The Morgan fingerprint density at radius 1 is 1.57 bits per heavy atom. The Morgan fingerprint density at radius 3 is 2.93 bits per heavy atom. The molecule has 0 spiro atoms. The maximum absolute atomic E-state index is 9.93. The van der Waals surface area contributed by atoms with E-state index in [2.05, 4.69) is 15.7 Å². The molecule has 0 bridgehead atoms. The van der Waals surface area contributed by atoms with Gasteiger partial charge in [-0.2, -0.15) is 0 Å². The highest BCUT2D eigenvalue weighted by atomic mass is 32.1. The number of hydrogen-bond acceptors (Lipinski definition) is 4. The van der Waals surface area contributed by atoms with Gasteiger partial charge >= 0.3 is 0 Å². The summed E-state index contributed by atoms with van der Waals surface area (Å²) in [5.74, 6) is 0.739. The average molecular weight is 210 g/mol. The van der Waals surface area contributed by atoms with Gasteiger partial charge in [0, 0.05) is 30.8 Å². The molecule has 1 aliphatic heterocycles. The largest absolute Gasteiger partial charge is 0.387 e. The van der Waals surface area contributed by atoms with Crippen LogP contribution in [-0.4, -0.2) is 28.8 Å². The van der Waals surface area contributed by atoms with Crippen molar-refractivity contribution in [2.24, 2.45) is 0 Å². The van der Waals surface area contributed by atoms with Crippen molar-refractivity contribution in [3.8, 4) is 0 Å². The number of hydrogen-bond donors (Lipinski definition) is 2. The minimum atomic E-state index is -0.519. The van der Waals surface area contributed by atoms with Crippen LogP contribution in [0.3, 0.4) is 0 Å². The molecule has 1 saturated carbocycles. The Hall–Kier alpha value is -0.450. The van der Waals surface area contributed by atoms with Gasteiger partial charge in [-0.05, 0) is 12.8 Å². The molecular weight excluding hydrogens is 196 g/mol. The third-order valence-corrected chi connectivity index (χ3v) is 3.97. The van der Waals surface area contributed by atoms with Crippen molar-refractivity contribution in [3.05, 3.63) is 16.1 Å². The fraction of sp³-hybridized carbons (Fsp3) is 0.700. The molecule has 14 heavy (non-hydrogen) atoms. The number of β-amino-alcohol motifs (C(OH)–C–C–N with tert-alkyl or cyclic N) is 1. The molecular formula is C10H14N2OS. The lowest BCUT2D eigenvalue weighted by molar-refractivity contribution is -0.00972. The van der Waals surface area contributed by atoms with Crippen LogP contribution < -0.4 is 5.32 Å². The molecule has 1 aromatic heterocycles. The first-order valence-corrected chi connectivity index (χ1v) is 6.01. The first-order chi connectivity index (χ1) is 6.75.